The molecule has 4 rings (SSSR count). The fourth-order valence-corrected chi connectivity index (χ4v) is 3.39. The first-order chi connectivity index (χ1) is 13.5. The van der Waals surface area contributed by atoms with Gasteiger partial charge in [0.15, 0.2) is 11.5 Å². The number of pyridine rings is 1. The Balaban J connectivity index is 1.55. The molecule has 0 atom stereocenters. The van der Waals surface area contributed by atoms with Crippen LogP contribution in [0.25, 0.3) is 17.0 Å². The topological polar surface area (TPSA) is 114 Å². The summed E-state index contributed by atoms with van der Waals surface area (Å²) in [5.41, 5.74) is 2.22. The predicted octanol–water partition coefficient (Wildman–Crippen LogP) is 2.66. The number of benzene rings is 2. The summed E-state index contributed by atoms with van der Waals surface area (Å²) in [7, 11) is 0. The molecule has 3 aromatic rings. The molecule has 0 unspecified atom stereocenters. The lowest BCUT2D eigenvalue weighted by Gasteiger charge is -2.29. The number of aromatic hydroxyl groups is 4. The molecular formula is C21H18N2O5. The second-order valence-electron chi connectivity index (χ2n) is 6.66. The highest BCUT2D eigenvalue weighted by atomic mass is 16.3. The zero-order valence-corrected chi connectivity index (χ0v) is 14.8. The van der Waals surface area contributed by atoms with E-state index in [4.69, 9.17) is 0 Å². The Kier molecular flexibility index (Phi) is 4.27. The van der Waals surface area contributed by atoms with Crippen molar-refractivity contribution in [3.8, 4) is 23.0 Å². The van der Waals surface area contributed by atoms with Gasteiger partial charge in [-0.3, -0.25) is 9.78 Å². The van der Waals surface area contributed by atoms with Crippen molar-refractivity contribution in [1.29, 1.82) is 0 Å². The molecule has 142 valence electrons. The molecule has 1 amide bonds. The van der Waals surface area contributed by atoms with Crippen LogP contribution in [0, 0.1) is 0 Å². The van der Waals surface area contributed by atoms with Crippen molar-refractivity contribution >= 4 is 22.9 Å². The van der Waals surface area contributed by atoms with Gasteiger partial charge in [-0.2, -0.15) is 0 Å². The zero-order valence-electron chi connectivity index (χ0n) is 14.8. The Morgan fingerprint density at radius 1 is 1.00 bits per heavy atom. The van der Waals surface area contributed by atoms with E-state index in [2.05, 4.69) is 4.98 Å². The number of nitrogens with zero attached hydrogens (tertiary/aromatic N) is 2. The lowest BCUT2D eigenvalue weighted by Crippen LogP contribution is -2.34. The number of phenolic OH excluding ortho intramolecular Hbond substituents is 4. The molecule has 2 aromatic carbocycles. The van der Waals surface area contributed by atoms with Crippen molar-refractivity contribution in [2.45, 2.75) is 13.0 Å². The molecule has 0 fully saturated rings. The third-order valence-electron chi connectivity index (χ3n) is 4.93. The summed E-state index contributed by atoms with van der Waals surface area (Å²) < 4.78 is 0. The largest absolute Gasteiger partial charge is 0.504 e. The summed E-state index contributed by atoms with van der Waals surface area (Å²) in [6, 6.07) is 9.62. The normalized spacial score (nSPS) is 13.8. The van der Waals surface area contributed by atoms with Crippen molar-refractivity contribution in [2.75, 3.05) is 6.54 Å². The van der Waals surface area contributed by atoms with Gasteiger partial charge in [0.05, 0.1) is 12.1 Å². The van der Waals surface area contributed by atoms with E-state index < -0.39 is 23.0 Å². The molecule has 7 heteroatoms. The number of hydrogen-bond acceptors (Lipinski definition) is 6. The van der Waals surface area contributed by atoms with Gasteiger partial charge in [-0.1, -0.05) is 18.2 Å². The maximum absolute atomic E-state index is 12.6. The van der Waals surface area contributed by atoms with E-state index in [9.17, 15) is 25.2 Å². The van der Waals surface area contributed by atoms with E-state index in [1.807, 2.05) is 30.3 Å². The first-order valence-electron chi connectivity index (χ1n) is 8.75. The second kappa shape index (κ2) is 6.77. The number of para-hydroxylation sites is 1. The fraction of sp³-hybridized carbons (Fsp3) is 0.143. The van der Waals surface area contributed by atoms with Crippen molar-refractivity contribution < 1.29 is 25.2 Å². The van der Waals surface area contributed by atoms with Crippen molar-refractivity contribution in [3.63, 3.8) is 0 Å². The summed E-state index contributed by atoms with van der Waals surface area (Å²) >= 11 is 0. The Morgan fingerprint density at radius 3 is 2.50 bits per heavy atom. The highest BCUT2D eigenvalue weighted by molar-refractivity contribution is 5.92. The summed E-state index contributed by atoms with van der Waals surface area (Å²) in [6.07, 6.45) is 5.03. The lowest BCUT2D eigenvalue weighted by molar-refractivity contribution is -0.126. The van der Waals surface area contributed by atoms with Crippen LogP contribution in [0.15, 0.2) is 42.6 Å². The Bertz CT molecular complexity index is 1120. The van der Waals surface area contributed by atoms with Gasteiger partial charge in [-0.05, 0) is 30.2 Å². The minimum atomic E-state index is -0.789. The van der Waals surface area contributed by atoms with Crippen LogP contribution in [0.5, 0.6) is 23.0 Å². The van der Waals surface area contributed by atoms with E-state index in [-0.39, 0.29) is 24.4 Å². The van der Waals surface area contributed by atoms with Crippen LogP contribution in [0.3, 0.4) is 0 Å². The summed E-state index contributed by atoms with van der Waals surface area (Å²) in [5, 5.41) is 40.4. The molecule has 1 aromatic heterocycles. The molecule has 0 radical (unpaired) electrons. The van der Waals surface area contributed by atoms with Crippen LogP contribution in [-0.4, -0.2) is 42.8 Å². The third kappa shape index (κ3) is 2.96. The molecule has 1 aliphatic rings. The van der Waals surface area contributed by atoms with Gasteiger partial charge in [-0.25, -0.2) is 0 Å². The van der Waals surface area contributed by atoms with Crippen LogP contribution in [0.2, 0.25) is 0 Å². The third-order valence-corrected chi connectivity index (χ3v) is 4.93. The van der Waals surface area contributed by atoms with E-state index in [1.54, 1.807) is 12.3 Å². The van der Waals surface area contributed by atoms with E-state index in [1.165, 1.54) is 11.0 Å². The number of phenols is 4. The smallest absolute Gasteiger partial charge is 0.246 e. The van der Waals surface area contributed by atoms with E-state index in [0.717, 1.165) is 16.5 Å². The van der Waals surface area contributed by atoms with Gasteiger partial charge >= 0.3 is 0 Å². The quantitative estimate of drug-likeness (QED) is 0.310. The van der Waals surface area contributed by atoms with Gasteiger partial charge in [0.25, 0.3) is 0 Å². The van der Waals surface area contributed by atoms with Crippen LogP contribution in [-0.2, 0) is 17.8 Å². The number of carbonyl (C=O) groups is 1. The molecular weight excluding hydrogens is 360 g/mol. The summed E-state index contributed by atoms with van der Waals surface area (Å²) in [6.45, 7) is 0.324. The number of aromatic nitrogens is 1. The molecule has 7 nitrogen and oxygen atoms in total. The molecule has 4 N–H and O–H groups in total. The van der Waals surface area contributed by atoms with Crippen molar-refractivity contribution in [1.82, 2.24) is 9.88 Å². The van der Waals surface area contributed by atoms with Gasteiger partial charge in [-0.15, -0.1) is 0 Å². The zero-order chi connectivity index (χ0) is 19.8. The minimum Gasteiger partial charge on any atom is -0.504 e. The monoisotopic (exact) mass is 378 g/mol. The lowest BCUT2D eigenvalue weighted by atomic mass is 9.96. The summed E-state index contributed by atoms with van der Waals surface area (Å²) in [5.74, 6) is -2.80. The number of hydrogen-bond donors (Lipinski definition) is 4. The first kappa shape index (κ1) is 17.7. The van der Waals surface area contributed by atoms with Gasteiger partial charge < -0.3 is 25.3 Å². The van der Waals surface area contributed by atoms with Gasteiger partial charge in [0.1, 0.15) is 0 Å². The van der Waals surface area contributed by atoms with Crippen LogP contribution in [0.1, 0.15) is 16.7 Å². The maximum Gasteiger partial charge on any atom is 0.246 e. The molecule has 28 heavy (non-hydrogen) atoms. The van der Waals surface area contributed by atoms with Gasteiger partial charge in [0, 0.05) is 35.3 Å². The predicted molar refractivity (Wildman–Crippen MR) is 103 cm³/mol. The number of rotatable bonds is 2. The molecule has 0 bridgehead atoms. The van der Waals surface area contributed by atoms with Crippen LogP contribution >= 0.6 is 0 Å². The fourth-order valence-electron chi connectivity index (χ4n) is 3.39. The molecule has 0 spiro atoms. The van der Waals surface area contributed by atoms with Crippen molar-refractivity contribution in [3.05, 3.63) is 59.3 Å². The Labute approximate surface area is 160 Å². The molecule has 1 aliphatic heterocycles. The van der Waals surface area contributed by atoms with Crippen LogP contribution < -0.4 is 0 Å². The molecule has 0 saturated heterocycles. The van der Waals surface area contributed by atoms with Crippen molar-refractivity contribution in [2.24, 2.45) is 0 Å². The average Bonchev–Trinajstić information content (AvgIpc) is 2.74. The molecule has 0 saturated carbocycles. The Hall–Kier alpha value is -3.74. The van der Waals surface area contributed by atoms with E-state index >= 15 is 0 Å². The SMILES string of the molecule is O=C(/C=C/c1cnc2ccccc2c1)N1CCc2c(O)c(O)c(O)c(O)c2C1. The Morgan fingerprint density at radius 2 is 1.71 bits per heavy atom. The minimum absolute atomic E-state index is 0.0156. The highest BCUT2D eigenvalue weighted by Crippen LogP contribution is 2.48. The molecule has 0 aliphatic carbocycles. The second-order valence-corrected chi connectivity index (χ2v) is 6.66. The number of fused-ring (bicyclic) bond motifs is 2. The van der Waals surface area contributed by atoms with Gasteiger partial charge in [0.2, 0.25) is 17.4 Å². The maximum atomic E-state index is 12.6. The number of amides is 1. The van der Waals surface area contributed by atoms with E-state index in [0.29, 0.717) is 12.1 Å². The molecule has 2 heterocycles. The number of carbonyl (C=O) groups excluding carboxylic acids is 1. The highest BCUT2D eigenvalue weighted by Gasteiger charge is 2.29. The summed E-state index contributed by atoms with van der Waals surface area (Å²) in [4.78, 5) is 18.4. The first-order valence-corrected chi connectivity index (χ1v) is 8.75. The standard InChI is InChI=1S/C21H18N2O5/c24-17(6-5-12-9-13-3-1-2-4-16(13)22-10-12)23-8-7-14-15(11-23)19(26)21(28)20(27)18(14)25/h1-6,9-10,25-28H,7-8,11H2/b6-5+. The average molecular weight is 378 g/mol. The van der Waals surface area contributed by atoms with Crippen LogP contribution in [0.4, 0.5) is 0 Å².